The van der Waals surface area contributed by atoms with Gasteiger partial charge in [-0.25, -0.2) is 0 Å². The molecule has 0 bridgehead atoms. The second kappa shape index (κ2) is 5.55. The quantitative estimate of drug-likeness (QED) is 0.696. The molecule has 0 spiro atoms. The highest BCUT2D eigenvalue weighted by atomic mass is 16.5. The molecule has 2 unspecified atom stereocenters. The molecule has 0 amide bonds. The molecule has 0 radical (unpaired) electrons. The van der Waals surface area contributed by atoms with Crippen molar-refractivity contribution in [2.45, 2.75) is 39.2 Å². The summed E-state index contributed by atoms with van der Waals surface area (Å²) in [5.41, 5.74) is 0. The highest BCUT2D eigenvalue weighted by Crippen LogP contribution is 2.22. The first-order chi connectivity index (χ1) is 5.88. The van der Waals surface area contributed by atoms with Crippen molar-refractivity contribution in [2.75, 3.05) is 19.7 Å². The Morgan fingerprint density at radius 2 is 2.25 bits per heavy atom. The van der Waals surface area contributed by atoms with Crippen LogP contribution in [0.4, 0.5) is 0 Å². The number of hydrogen-bond donors (Lipinski definition) is 1. The largest absolute Gasteiger partial charge is 0.378 e. The van der Waals surface area contributed by atoms with Gasteiger partial charge in [0.2, 0.25) is 0 Å². The third kappa shape index (κ3) is 2.76. The molecule has 72 valence electrons. The van der Waals surface area contributed by atoms with E-state index in [0.29, 0.717) is 6.10 Å². The Labute approximate surface area is 75.7 Å². The third-order valence-corrected chi connectivity index (χ3v) is 2.64. The van der Waals surface area contributed by atoms with Gasteiger partial charge in [0.1, 0.15) is 0 Å². The maximum atomic E-state index is 5.70. The molecule has 1 heterocycles. The fourth-order valence-corrected chi connectivity index (χ4v) is 1.92. The first kappa shape index (κ1) is 10.0. The van der Waals surface area contributed by atoms with Crippen LogP contribution >= 0.6 is 0 Å². The lowest BCUT2D eigenvalue weighted by Gasteiger charge is -2.31. The molecular weight excluding hydrogens is 150 g/mol. The summed E-state index contributed by atoms with van der Waals surface area (Å²) < 4.78 is 5.70. The zero-order chi connectivity index (χ0) is 8.81. The number of ether oxygens (including phenoxy) is 1. The second-order valence-electron chi connectivity index (χ2n) is 3.53. The molecule has 2 atom stereocenters. The van der Waals surface area contributed by atoms with Crippen LogP contribution in [0.5, 0.6) is 0 Å². The predicted octanol–water partition coefficient (Wildman–Crippen LogP) is 1.80. The maximum Gasteiger partial charge on any atom is 0.0612 e. The molecule has 1 aliphatic rings. The molecule has 0 aromatic heterocycles. The Balaban J connectivity index is 2.26. The van der Waals surface area contributed by atoms with Gasteiger partial charge in [0.05, 0.1) is 6.10 Å². The van der Waals surface area contributed by atoms with Crippen LogP contribution in [-0.2, 0) is 4.74 Å². The first-order valence-corrected chi connectivity index (χ1v) is 5.20. The summed E-state index contributed by atoms with van der Waals surface area (Å²) in [6.07, 6.45) is 4.26. The van der Waals surface area contributed by atoms with Crippen LogP contribution in [0, 0.1) is 5.92 Å². The summed E-state index contributed by atoms with van der Waals surface area (Å²) in [6.45, 7) is 7.56. The van der Waals surface area contributed by atoms with Crippen LogP contribution in [0.25, 0.3) is 0 Å². The summed E-state index contributed by atoms with van der Waals surface area (Å²) >= 11 is 0. The van der Waals surface area contributed by atoms with Gasteiger partial charge < -0.3 is 10.1 Å². The van der Waals surface area contributed by atoms with Crippen molar-refractivity contribution in [3.63, 3.8) is 0 Å². The SMILES string of the molecule is CCNCC1CCCOC1CC. The van der Waals surface area contributed by atoms with Gasteiger partial charge in [0, 0.05) is 13.2 Å². The van der Waals surface area contributed by atoms with Gasteiger partial charge in [-0.1, -0.05) is 13.8 Å². The maximum absolute atomic E-state index is 5.70. The van der Waals surface area contributed by atoms with Gasteiger partial charge in [-0.3, -0.25) is 0 Å². The lowest BCUT2D eigenvalue weighted by molar-refractivity contribution is -0.0272. The lowest BCUT2D eigenvalue weighted by Crippen LogP contribution is -2.36. The predicted molar refractivity (Wildman–Crippen MR) is 51.3 cm³/mol. The average molecular weight is 171 g/mol. The molecule has 2 heteroatoms. The summed E-state index contributed by atoms with van der Waals surface area (Å²) in [7, 11) is 0. The van der Waals surface area contributed by atoms with E-state index in [1.165, 1.54) is 12.8 Å². The number of rotatable bonds is 4. The van der Waals surface area contributed by atoms with Crippen molar-refractivity contribution in [1.29, 1.82) is 0 Å². The minimum absolute atomic E-state index is 0.512. The Bertz CT molecular complexity index is 116. The van der Waals surface area contributed by atoms with E-state index in [-0.39, 0.29) is 0 Å². The van der Waals surface area contributed by atoms with Crippen molar-refractivity contribution in [1.82, 2.24) is 5.32 Å². The monoisotopic (exact) mass is 171 g/mol. The molecule has 12 heavy (non-hydrogen) atoms. The standard InChI is InChI=1S/C10H21NO/c1-3-10-9(8-11-4-2)6-5-7-12-10/h9-11H,3-8H2,1-2H3. The van der Waals surface area contributed by atoms with Gasteiger partial charge in [-0.05, 0) is 31.7 Å². The Morgan fingerprint density at radius 1 is 1.42 bits per heavy atom. The van der Waals surface area contributed by atoms with E-state index in [2.05, 4.69) is 19.2 Å². The molecule has 1 N–H and O–H groups in total. The molecule has 1 fully saturated rings. The fourth-order valence-electron chi connectivity index (χ4n) is 1.92. The molecule has 2 nitrogen and oxygen atoms in total. The number of hydrogen-bond acceptors (Lipinski definition) is 2. The lowest BCUT2D eigenvalue weighted by atomic mass is 9.92. The van der Waals surface area contributed by atoms with Gasteiger partial charge in [-0.15, -0.1) is 0 Å². The highest BCUT2D eigenvalue weighted by molar-refractivity contribution is 4.75. The van der Waals surface area contributed by atoms with E-state index in [4.69, 9.17) is 4.74 Å². The molecule has 0 aromatic carbocycles. The van der Waals surface area contributed by atoms with Gasteiger partial charge in [0.15, 0.2) is 0 Å². The van der Waals surface area contributed by atoms with Crippen molar-refractivity contribution in [2.24, 2.45) is 5.92 Å². The zero-order valence-corrected chi connectivity index (χ0v) is 8.31. The van der Waals surface area contributed by atoms with E-state index in [9.17, 15) is 0 Å². The van der Waals surface area contributed by atoms with E-state index >= 15 is 0 Å². The minimum Gasteiger partial charge on any atom is -0.378 e. The topological polar surface area (TPSA) is 21.3 Å². The summed E-state index contributed by atoms with van der Waals surface area (Å²) in [4.78, 5) is 0. The molecule has 1 rings (SSSR count). The van der Waals surface area contributed by atoms with Crippen molar-refractivity contribution in [3.8, 4) is 0 Å². The van der Waals surface area contributed by atoms with Gasteiger partial charge in [-0.2, -0.15) is 0 Å². The Kier molecular flexibility index (Phi) is 4.62. The summed E-state index contributed by atoms with van der Waals surface area (Å²) in [5, 5.41) is 3.40. The Morgan fingerprint density at radius 3 is 2.92 bits per heavy atom. The summed E-state index contributed by atoms with van der Waals surface area (Å²) in [5.74, 6) is 0.753. The van der Waals surface area contributed by atoms with E-state index < -0.39 is 0 Å². The smallest absolute Gasteiger partial charge is 0.0612 e. The highest BCUT2D eigenvalue weighted by Gasteiger charge is 2.23. The van der Waals surface area contributed by atoms with Gasteiger partial charge >= 0.3 is 0 Å². The molecule has 0 aromatic rings. The second-order valence-corrected chi connectivity index (χ2v) is 3.53. The van der Waals surface area contributed by atoms with E-state index in [0.717, 1.165) is 32.0 Å². The fraction of sp³-hybridized carbons (Fsp3) is 1.00. The number of nitrogens with one attached hydrogen (secondary N) is 1. The average Bonchev–Trinajstić information content (AvgIpc) is 2.15. The minimum atomic E-state index is 0.512. The molecule has 0 aliphatic carbocycles. The van der Waals surface area contributed by atoms with Crippen LogP contribution in [-0.4, -0.2) is 25.8 Å². The molecular formula is C10H21NO. The first-order valence-electron chi connectivity index (χ1n) is 5.20. The van der Waals surface area contributed by atoms with Crippen molar-refractivity contribution < 1.29 is 4.74 Å². The van der Waals surface area contributed by atoms with E-state index in [1.807, 2.05) is 0 Å². The van der Waals surface area contributed by atoms with Gasteiger partial charge in [0.25, 0.3) is 0 Å². The molecule has 1 aliphatic heterocycles. The third-order valence-electron chi connectivity index (χ3n) is 2.64. The van der Waals surface area contributed by atoms with Crippen LogP contribution in [0.15, 0.2) is 0 Å². The molecule has 1 saturated heterocycles. The van der Waals surface area contributed by atoms with Crippen molar-refractivity contribution in [3.05, 3.63) is 0 Å². The normalized spacial score (nSPS) is 30.5. The summed E-state index contributed by atoms with van der Waals surface area (Å²) in [6, 6.07) is 0. The van der Waals surface area contributed by atoms with Crippen molar-refractivity contribution >= 4 is 0 Å². The Hall–Kier alpha value is -0.0800. The zero-order valence-electron chi connectivity index (χ0n) is 8.31. The van der Waals surface area contributed by atoms with E-state index in [1.54, 1.807) is 0 Å². The van der Waals surface area contributed by atoms with Crippen LogP contribution < -0.4 is 5.32 Å². The molecule has 0 saturated carbocycles. The van der Waals surface area contributed by atoms with Crippen LogP contribution in [0.2, 0.25) is 0 Å². The van der Waals surface area contributed by atoms with Crippen LogP contribution in [0.1, 0.15) is 33.1 Å². The van der Waals surface area contributed by atoms with Crippen LogP contribution in [0.3, 0.4) is 0 Å².